The van der Waals surface area contributed by atoms with Crippen LogP contribution in [0.5, 0.6) is 0 Å². The van der Waals surface area contributed by atoms with E-state index in [1.807, 2.05) is 0 Å². The van der Waals surface area contributed by atoms with Crippen LogP contribution in [0.15, 0.2) is 0 Å². The van der Waals surface area contributed by atoms with Crippen molar-refractivity contribution in [1.29, 1.82) is 0 Å². The molecule has 0 fully saturated rings. The highest BCUT2D eigenvalue weighted by Gasteiger charge is 2.01. The summed E-state index contributed by atoms with van der Waals surface area (Å²) in [5.74, 6) is 1.56. The molecule has 7 heteroatoms. The van der Waals surface area contributed by atoms with Gasteiger partial charge in [0, 0.05) is 0 Å². The van der Waals surface area contributed by atoms with Crippen LogP contribution >= 0.6 is 23.4 Å². The van der Waals surface area contributed by atoms with Crippen LogP contribution in [0.2, 0.25) is 0 Å². The molecule has 0 spiro atoms. The predicted molar refractivity (Wildman–Crippen MR) is 45.9 cm³/mol. The molecule has 0 atom stereocenters. The summed E-state index contributed by atoms with van der Waals surface area (Å²) in [6, 6.07) is 0. The standard InChI is InChI=1S/C5H7ClN4OS/c1-4-7-8-9-10(4)3-12-2-5(6)11/h2-3H2,1H3. The number of aryl methyl sites for hydroxylation is 1. The third-order valence-electron chi connectivity index (χ3n) is 1.14. The number of aromatic nitrogens is 4. The number of hydrogen-bond acceptors (Lipinski definition) is 5. The van der Waals surface area contributed by atoms with Crippen LogP contribution in [0.25, 0.3) is 0 Å². The van der Waals surface area contributed by atoms with E-state index in [4.69, 9.17) is 11.6 Å². The van der Waals surface area contributed by atoms with Gasteiger partial charge in [0.25, 0.3) is 0 Å². The molecule has 0 bridgehead atoms. The highest BCUT2D eigenvalue weighted by Crippen LogP contribution is 2.05. The molecule has 5 nitrogen and oxygen atoms in total. The average Bonchev–Trinajstić information content (AvgIpc) is 2.36. The van der Waals surface area contributed by atoms with Crippen LogP contribution in [0.4, 0.5) is 0 Å². The Labute approximate surface area is 78.5 Å². The first-order valence-corrected chi connectivity index (χ1v) is 4.72. The van der Waals surface area contributed by atoms with Crippen LogP contribution in [0.1, 0.15) is 5.82 Å². The second-order valence-corrected chi connectivity index (χ2v) is 3.44. The van der Waals surface area contributed by atoms with Gasteiger partial charge in [-0.05, 0) is 29.0 Å². The average molecular weight is 207 g/mol. The fourth-order valence-corrected chi connectivity index (χ4v) is 1.48. The van der Waals surface area contributed by atoms with E-state index >= 15 is 0 Å². The van der Waals surface area contributed by atoms with Gasteiger partial charge in [0.1, 0.15) is 5.82 Å². The molecule has 0 unspecified atom stereocenters. The number of hydrogen-bond donors (Lipinski definition) is 0. The Morgan fingerprint density at radius 2 is 2.50 bits per heavy atom. The van der Waals surface area contributed by atoms with Gasteiger partial charge in [-0.25, -0.2) is 4.68 Å². The molecule has 1 heterocycles. The van der Waals surface area contributed by atoms with Crippen molar-refractivity contribution in [3.63, 3.8) is 0 Å². The molecule has 0 aliphatic carbocycles. The van der Waals surface area contributed by atoms with Crippen molar-refractivity contribution in [3.8, 4) is 0 Å². The first-order valence-electron chi connectivity index (χ1n) is 3.19. The Bertz CT molecular complexity index is 276. The molecule has 12 heavy (non-hydrogen) atoms. The lowest BCUT2D eigenvalue weighted by Crippen LogP contribution is -2.02. The third kappa shape index (κ3) is 2.78. The molecule has 0 aliphatic rings. The molecule has 0 radical (unpaired) electrons. The topological polar surface area (TPSA) is 60.7 Å². The van der Waals surface area contributed by atoms with Crippen LogP contribution in [0.3, 0.4) is 0 Å². The summed E-state index contributed by atoms with van der Waals surface area (Å²) in [6.07, 6.45) is 0. The molecule has 66 valence electrons. The van der Waals surface area contributed by atoms with Gasteiger partial charge in [0.05, 0.1) is 11.6 Å². The second-order valence-electron chi connectivity index (χ2n) is 2.06. The highest BCUT2D eigenvalue weighted by molar-refractivity contribution is 7.99. The number of tetrazole rings is 1. The minimum atomic E-state index is -0.356. The zero-order chi connectivity index (χ0) is 8.97. The molecular weight excluding hydrogens is 200 g/mol. The van der Waals surface area contributed by atoms with E-state index in [2.05, 4.69) is 15.5 Å². The summed E-state index contributed by atoms with van der Waals surface area (Å²) in [4.78, 5) is 10.3. The number of carbonyl (C=O) groups is 1. The Kier molecular flexibility index (Phi) is 3.48. The molecule has 0 aliphatic heterocycles. The van der Waals surface area contributed by atoms with Gasteiger partial charge >= 0.3 is 0 Å². The molecule has 0 saturated heterocycles. The molecule has 0 aromatic carbocycles. The van der Waals surface area contributed by atoms with Gasteiger partial charge in [-0.3, -0.25) is 4.79 Å². The summed E-state index contributed by atoms with van der Waals surface area (Å²) >= 11 is 6.51. The van der Waals surface area contributed by atoms with E-state index in [1.165, 1.54) is 11.8 Å². The second kappa shape index (κ2) is 4.42. The van der Waals surface area contributed by atoms with Crippen LogP contribution in [-0.2, 0) is 10.7 Å². The van der Waals surface area contributed by atoms with Crippen molar-refractivity contribution >= 4 is 28.6 Å². The van der Waals surface area contributed by atoms with E-state index in [0.29, 0.717) is 5.88 Å². The van der Waals surface area contributed by atoms with Crippen molar-refractivity contribution < 1.29 is 4.79 Å². The number of rotatable bonds is 4. The molecule has 0 N–H and O–H groups in total. The molecular formula is C5H7ClN4OS. The summed E-state index contributed by atoms with van der Waals surface area (Å²) in [6.45, 7) is 1.79. The van der Waals surface area contributed by atoms with E-state index in [9.17, 15) is 4.79 Å². The number of halogens is 1. The van der Waals surface area contributed by atoms with Crippen molar-refractivity contribution in [2.24, 2.45) is 0 Å². The van der Waals surface area contributed by atoms with Gasteiger partial charge in [-0.15, -0.1) is 16.9 Å². The van der Waals surface area contributed by atoms with Gasteiger partial charge in [-0.1, -0.05) is 0 Å². The Hall–Kier alpha value is -0.620. The zero-order valence-electron chi connectivity index (χ0n) is 6.40. The number of carbonyl (C=O) groups excluding carboxylic acids is 1. The van der Waals surface area contributed by atoms with Crippen molar-refractivity contribution in [3.05, 3.63) is 5.82 Å². The van der Waals surface area contributed by atoms with Gasteiger partial charge in [-0.2, -0.15) is 0 Å². The zero-order valence-corrected chi connectivity index (χ0v) is 7.97. The van der Waals surface area contributed by atoms with Crippen LogP contribution in [-0.4, -0.2) is 31.2 Å². The lowest BCUT2D eigenvalue weighted by atomic mass is 10.7. The number of nitrogens with zero attached hydrogens (tertiary/aromatic N) is 4. The van der Waals surface area contributed by atoms with Crippen molar-refractivity contribution in [2.45, 2.75) is 12.8 Å². The van der Waals surface area contributed by atoms with Crippen LogP contribution in [0, 0.1) is 6.92 Å². The lowest BCUT2D eigenvalue weighted by Gasteiger charge is -1.97. The normalized spacial score (nSPS) is 10.2. The largest absolute Gasteiger partial charge is 0.280 e. The number of thioether (sulfide) groups is 1. The molecule has 0 saturated carbocycles. The Morgan fingerprint density at radius 1 is 1.75 bits per heavy atom. The van der Waals surface area contributed by atoms with Crippen molar-refractivity contribution in [2.75, 3.05) is 5.75 Å². The highest BCUT2D eigenvalue weighted by atomic mass is 35.5. The van der Waals surface area contributed by atoms with E-state index in [1.54, 1.807) is 11.6 Å². The lowest BCUT2D eigenvalue weighted by molar-refractivity contribution is -0.109. The Balaban J connectivity index is 2.33. The van der Waals surface area contributed by atoms with Crippen molar-refractivity contribution in [1.82, 2.24) is 20.2 Å². The van der Waals surface area contributed by atoms with E-state index in [-0.39, 0.29) is 11.0 Å². The maximum absolute atomic E-state index is 10.3. The summed E-state index contributed by atoms with van der Waals surface area (Å²) < 4.78 is 1.60. The van der Waals surface area contributed by atoms with Gasteiger partial charge in [0.15, 0.2) is 0 Å². The summed E-state index contributed by atoms with van der Waals surface area (Å²) in [5.41, 5.74) is 0. The SMILES string of the molecule is Cc1nnnn1CSCC(=O)Cl. The van der Waals surface area contributed by atoms with Crippen LogP contribution < -0.4 is 0 Å². The Morgan fingerprint density at radius 3 is 3.00 bits per heavy atom. The maximum atomic E-state index is 10.3. The molecule has 1 aromatic rings. The first kappa shape index (κ1) is 9.47. The summed E-state index contributed by atoms with van der Waals surface area (Å²) in [7, 11) is 0. The maximum Gasteiger partial charge on any atom is 0.231 e. The van der Waals surface area contributed by atoms with E-state index in [0.717, 1.165) is 5.82 Å². The monoisotopic (exact) mass is 206 g/mol. The fraction of sp³-hybridized carbons (Fsp3) is 0.600. The smallest absolute Gasteiger partial charge is 0.231 e. The molecule has 0 amide bonds. The first-order chi connectivity index (χ1) is 5.70. The van der Waals surface area contributed by atoms with Gasteiger partial charge in [0.2, 0.25) is 5.24 Å². The fourth-order valence-electron chi connectivity index (χ4n) is 0.581. The van der Waals surface area contributed by atoms with Gasteiger partial charge < -0.3 is 0 Å². The molecule has 1 rings (SSSR count). The quantitative estimate of drug-likeness (QED) is 0.669. The summed E-state index contributed by atoms with van der Waals surface area (Å²) in [5, 5.41) is 10.5. The predicted octanol–water partition coefficient (Wildman–Crippen LogP) is 0.438. The van der Waals surface area contributed by atoms with E-state index < -0.39 is 0 Å². The minimum absolute atomic E-state index is 0.279. The third-order valence-corrected chi connectivity index (χ3v) is 2.33. The molecule has 1 aromatic heterocycles. The minimum Gasteiger partial charge on any atom is -0.280 e.